The molecule has 0 aromatic heterocycles. The Morgan fingerprint density at radius 3 is 2.80 bits per heavy atom. The van der Waals surface area contributed by atoms with Gasteiger partial charge in [0.2, 0.25) is 5.91 Å². The second kappa shape index (κ2) is 2.84. The van der Waals surface area contributed by atoms with Crippen molar-refractivity contribution in [2.24, 2.45) is 0 Å². The smallest absolute Gasteiger partial charge is 0.227 e. The second-order valence-corrected chi connectivity index (χ2v) is 2.56. The van der Waals surface area contributed by atoms with E-state index in [0.29, 0.717) is 19.8 Å². The van der Waals surface area contributed by atoms with E-state index < -0.39 is 5.91 Å². The molecule has 0 unspecified atom stereocenters. The lowest BCUT2D eigenvalue weighted by molar-refractivity contribution is -0.255. The van der Waals surface area contributed by atoms with E-state index in [4.69, 9.17) is 4.74 Å². The predicted octanol–water partition coefficient (Wildman–Crippen LogP) is -1.02. The minimum Gasteiger partial charge on any atom is -0.380 e. The van der Waals surface area contributed by atoms with Crippen LogP contribution in [0.25, 0.3) is 0 Å². The van der Waals surface area contributed by atoms with Crippen molar-refractivity contribution in [1.82, 2.24) is 4.90 Å². The third kappa shape index (κ3) is 1.67. The van der Waals surface area contributed by atoms with Crippen molar-refractivity contribution in [3.8, 4) is 0 Å². The summed E-state index contributed by atoms with van der Waals surface area (Å²) in [5, 5.41) is 18.4. The molecule has 0 amide bonds. The minimum absolute atomic E-state index is 0.253. The van der Waals surface area contributed by atoms with Gasteiger partial charge in [0, 0.05) is 13.0 Å². The average molecular weight is 147 g/mol. The Labute approximate surface area is 60.0 Å². The van der Waals surface area contributed by atoms with Crippen LogP contribution in [0.1, 0.15) is 6.42 Å². The van der Waals surface area contributed by atoms with Gasteiger partial charge in [-0.15, -0.1) is 0 Å². The van der Waals surface area contributed by atoms with Crippen LogP contribution in [0, 0.1) is 0 Å². The van der Waals surface area contributed by atoms with Gasteiger partial charge >= 0.3 is 0 Å². The van der Waals surface area contributed by atoms with E-state index in [9.17, 15) is 10.2 Å². The molecule has 4 heteroatoms. The molecule has 1 heterocycles. The Morgan fingerprint density at radius 2 is 2.10 bits per heavy atom. The van der Waals surface area contributed by atoms with Crippen molar-refractivity contribution < 1.29 is 14.9 Å². The minimum atomic E-state index is -1.67. The number of hydrogen-bond donors (Lipinski definition) is 2. The van der Waals surface area contributed by atoms with E-state index in [0.717, 1.165) is 0 Å². The van der Waals surface area contributed by atoms with Crippen molar-refractivity contribution >= 4 is 0 Å². The maximum atomic E-state index is 9.22. The summed E-state index contributed by atoms with van der Waals surface area (Å²) in [5.74, 6) is -1.67. The van der Waals surface area contributed by atoms with Crippen LogP contribution in [-0.2, 0) is 4.74 Å². The van der Waals surface area contributed by atoms with E-state index >= 15 is 0 Å². The van der Waals surface area contributed by atoms with Crippen LogP contribution in [0.5, 0.6) is 0 Å². The zero-order valence-electron chi connectivity index (χ0n) is 6.08. The van der Waals surface area contributed by atoms with Crippen molar-refractivity contribution in [3.05, 3.63) is 0 Å². The molecule has 2 N–H and O–H groups in total. The van der Waals surface area contributed by atoms with Crippen LogP contribution in [-0.4, -0.2) is 47.8 Å². The molecule has 1 saturated heterocycles. The van der Waals surface area contributed by atoms with Crippen LogP contribution in [0.15, 0.2) is 0 Å². The highest BCUT2D eigenvalue weighted by molar-refractivity contribution is 4.66. The fourth-order valence-corrected chi connectivity index (χ4v) is 0.883. The van der Waals surface area contributed by atoms with Crippen molar-refractivity contribution in [2.75, 3.05) is 26.8 Å². The van der Waals surface area contributed by atoms with E-state index in [1.54, 1.807) is 7.05 Å². The molecule has 1 rings (SSSR count). The molecule has 0 saturated carbocycles. The summed E-state index contributed by atoms with van der Waals surface area (Å²) >= 11 is 0. The van der Waals surface area contributed by atoms with Crippen molar-refractivity contribution in [3.63, 3.8) is 0 Å². The monoisotopic (exact) mass is 147 g/mol. The lowest BCUT2D eigenvalue weighted by Crippen LogP contribution is -2.46. The van der Waals surface area contributed by atoms with Gasteiger partial charge < -0.3 is 14.9 Å². The fraction of sp³-hybridized carbons (Fsp3) is 1.00. The first-order valence-corrected chi connectivity index (χ1v) is 3.37. The summed E-state index contributed by atoms with van der Waals surface area (Å²) in [7, 11) is 1.66. The molecular formula is C6H13NO3. The van der Waals surface area contributed by atoms with Gasteiger partial charge in [-0.05, 0) is 7.05 Å². The Hall–Kier alpha value is -0.160. The standard InChI is InChI=1S/C6H13NO3/c1-7-3-5-10-4-2-6(7,8)9/h8-9H,2-5H2,1H3. The molecule has 0 atom stereocenters. The summed E-state index contributed by atoms with van der Waals surface area (Å²) in [6, 6.07) is 0. The van der Waals surface area contributed by atoms with Crippen LogP contribution >= 0.6 is 0 Å². The Kier molecular flexibility index (Phi) is 2.25. The summed E-state index contributed by atoms with van der Waals surface area (Å²) < 4.78 is 5.04. The van der Waals surface area contributed by atoms with Crippen LogP contribution in [0.4, 0.5) is 0 Å². The average Bonchev–Trinajstić information content (AvgIpc) is 1.96. The first-order valence-electron chi connectivity index (χ1n) is 3.37. The van der Waals surface area contributed by atoms with Gasteiger partial charge in [-0.25, -0.2) is 0 Å². The topological polar surface area (TPSA) is 52.9 Å². The SMILES string of the molecule is CN1CCOCCC1(O)O. The molecule has 0 aromatic carbocycles. The van der Waals surface area contributed by atoms with Gasteiger partial charge in [0.15, 0.2) is 0 Å². The molecule has 0 radical (unpaired) electrons. The molecule has 0 aromatic rings. The molecule has 4 nitrogen and oxygen atoms in total. The quantitative estimate of drug-likeness (QED) is 0.430. The Morgan fingerprint density at radius 1 is 1.40 bits per heavy atom. The number of rotatable bonds is 0. The highest BCUT2D eigenvalue weighted by Gasteiger charge is 2.29. The highest BCUT2D eigenvalue weighted by atomic mass is 16.5. The molecule has 1 aliphatic heterocycles. The van der Waals surface area contributed by atoms with Gasteiger partial charge in [-0.2, -0.15) is 0 Å². The van der Waals surface area contributed by atoms with Gasteiger partial charge in [0.25, 0.3) is 0 Å². The third-order valence-corrected chi connectivity index (χ3v) is 1.76. The molecule has 10 heavy (non-hydrogen) atoms. The largest absolute Gasteiger partial charge is 0.380 e. The lowest BCUT2D eigenvalue weighted by atomic mass is 10.3. The molecule has 0 aliphatic carbocycles. The van der Waals surface area contributed by atoms with Gasteiger partial charge in [0.1, 0.15) is 0 Å². The lowest BCUT2D eigenvalue weighted by Gasteiger charge is -2.28. The van der Waals surface area contributed by atoms with Crippen molar-refractivity contribution in [2.45, 2.75) is 12.3 Å². The summed E-state index contributed by atoms with van der Waals surface area (Å²) in [6.45, 7) is 1.55. The summed E-state index contributed by atoms with van der Waals surface area (Å²) in [5.41, 5.74) is 0. The maximum absolute atomic E-state index is 9.22. The van der Waals surface area contributed by atoms with E-state index in [-0.39, 0.29) is 6.42 Å². The zero-order valence-corrected chi connectivity index (χ0v) is 6.08. The van der Waals surface area contributed by atoms with Crippen molar-refractivity contribution in [1.29, 1.82) is 0 Å². The molecular weight excluding hydrogens is 134 g/mol. The first-order chi connectivity index (χ1) is 4.63. The van der Waals surface area contributed by atoms with Crippen LogP contribution in [0.3, 0.4) is 0 Å². The maximum Gasteiger partial charge on any atom is 0.227 e. The molecule has 1 fully saturated rings. The van der Waals surface area contributed by atoms with E-state index in [1.807, 2.05) is 0 Å². The summed E-state index contributed by atoms with van der Waals surface area (Å²) in [6.07, 6.45) is 0.253. The van der Waals surface area contributed by atoms with E-state index in [1.165, 1.54) is 4.90 Å². The van der Waals surface area contributed by atoms with Gasteiger partial charge in [0.05, 0.1) is 13.2 Å². The third-order valence-electron chi connectivity index (χ3n) is 1.76. The molecule has 0 bridgehead atoms. The van der Waals surface area contributed by atoms with Crippen LogP contribution < -0.4 is 0 Å². The second-order valence-electron chi connectivity index (χ2n) is 2.56. The molecule has 60 valence electrons. The highest BCUT2D eigenvalue weighted by Crippen LogP contribution is 2.13. The first kappa shape index (κ1) is 7.94. The van der Waals surface area contributed by atoms with Crippen LogP contribution in [0.2, 0.25) is 0 Å². The number of ether oxygens (including phenoxy) is 1. The molecule has 1 aliphatic rings. The predicted molar refractivity (Wildman–Crippen MR) is 35.2 cm³/mol. The molecule has 0 spiro atoms. The number of likely N-dealkylation sites (N-methyl/N-ethyl adjacent to an activating group) is 1. The van der Waals surface area contributed by atoms with Gasteiger partial charge in [-0.3, -0.25) is 4.90 Å². The number of hydrogen-bond acceptors (Lipinski definition) is 4. The Bertz CT molecular complexity index is 116. The Balaban J connectivity index is 2.52. The fourth-order valence-electron chi connectivity index (χ4n) is 0.883. The van der Waals surface area contributed by atoms with Gasteiger partial charge in [-0.1, -0.05) is 0 Å². The number of nitrogens with zero attached hydrogens (tertiary/aromatic N) is 1. The zero-order chi connectivity index (χ0) is 7.61. The van der Waals surface area contributed by atoms with E-state index in [2.05, 4.69) is 0 Å². The summed E-state index contributed by atoms with van der Waals surface area (Å²) in [4.78, 5) is 1.47. The number of aliphatic hydroxyl groups is 2. The normalized spacial score (nSPS) is 27.9.